The summed E-state index contributed by atoms with van der Waals surface area (Å²) in [5.74, 6) is 0.897. The minimum atomic E-state index is -0.164. The number of nitrogens with two attached hydrogens (primary N) is 1. The quantitative estimate of drug-likeness (QED) is 0.830. The molecule has 4 unspecified atom stereocenters. The van der Waals surface area contributed by atoms with Crippen molar-refractivity contribution in [1.29, 1.82) is 0 Å². The molecule has 0 aromatic carbocycles. The molecule has 0 aromatic heterocycles. The van der Waals surface area contributed by atoms with Gasteiger partial charge in [0.05, 0.1) is 5.60 Å². The van der Waals surface area contributed by atoms with E-state index in [1.165, 1.54) is 0 Å². The second-order valence-corrected chi connectivity index (χ2v) is 6.67. The van der Waals surface area contributed by atoms with E-state index in [4.69, 9.17) is 10.5 Å². The Morgan fingerprint density at radius 3 is 2.79 bits per heavy atom. The van der Waals surface area contributed by atoms with Gasteiger partial charge in [-0.2, -0.15) is 0 Å². The van der Waals surface area contributed by atoms with Crippen LogP contribution in [0.15, 0.2) is 0 Å². The number of carbonyl (C=O) groups is 1. The van der Waals surface area contributed by atoms with Crippen molar-refractivity contribution in [3.05, 3.63) is 0 Å². The van der Waals surface area contributed by atoms with E-state index in [9.17, 15) is 4.79 Å². The second-order valence-electron chi connectivity index (χ2n) is 6.67. The molecule has 0 bridgehead atoms. The summed E-state index contributed by atoms with van der Waals surface area (Å²) in [6, 6.07) is 0.282. The molecule has 0 radical (unpaired) electrons. The van der Waals surface area contributed by atoms with Gasteiger partial charge in [0.15, 0.2) is 0 Å². The van der Waals surface area contributed by atoms with Gasteiger partial charge in [0.1, 0.15) is 0 Å². The molecule has 4 nitrogen and oxygen atoms in total. The van der Waals surface area contributed by atoms with Crippen molar-refractivity contribution >= 4 is 5.91 Å². The average Bonchev–Trinajstić information content (AvgIpc) is 2.38. The van der Waals surface area contributed by atoms with Crippen molar-refractivity contribution in [3.8, 4) is 0 Å². The van der Waals surface area contributed by atoms with Crippen LogP contribution in [0.3, 0.4) is 0 Å². The number of piperidine rings is 1. The van der Waals surface area contributed by atoms with Gasteiger partial charge in [0.2, 0.25) is 5.91 Å². The fourth-order valence-corrected chi connectivity index (χ4v) is 3.60. The molecule has 1 aliphatic carbocycles. The van der Waals surface area contributed by atoms with E-state index in [-0.39, 0.29) is 17.6 Å². The van der Waals surface area contributed by atoms with Gasteiger partial charge in [0.25, 0.3) is 0 Å². The number of rotatable bonds is 2. The van der Waals surface area contributed by atoms with E-state index < -0.39 is 0 Å². The van der Waals surface area contributed by atoms with Crippen LogP contribution in [0.5, 0.6) is 0 Å². The standard InChI is InChI=1S/C15H28N2O2/c1-11-9-12(16)5-6-13(11)14(18)17-8-4-7-15(2,10-17)19-3/h11-13H,4-10,16H2,1-3H3. The number of carbonyl (C=O) groups excluding carboxylic acids is 1. The average molecular weight is 268 g/mol. The van der Waals surface area contributed by atoms with E-state index in [0.717, 1.165) is 45.2 Å². The monoisotopic (exact) mass is 268 g/mol. The van der Waals surface area contributed by atoms with E-state index in [0.29, 0.717) is 11.8 Å². The summed E-state index contributed by atoms with van der Waals surface area (Å²) in [5, 5.41) is 0. The molecule has 4 heteroatoms. The molecule has 2 aliphatic rings. The first-order valence-electron chi connectivity index (χ1n) is 7.55. The third-order valence-electron chi connectivity index (χ3n) is 4.99. The Bertz CT molecular complexity index is 334. The lowest BCUT2D eigenvalue weighted by molar-refractivity contribution is -0.146. The number of amides is 1. The smallest absolute Gasteiger partial charge is 0.226 e. The molecule has 2 fully saturated rings. The lowest BCUT2D eigenvalue weighted by Crippen LogP contribution is -2.52. The number of hydrogen-bond acceptors (Lipinski definition) is 3. The first-order chi connectivity index (χ1) is 8.95. The Morgan fingerprint density at radius 2 is 2.16 bits per heavy atom. The lowest BCUT2D eigenvalue weighted by Gasteiger charge is -2.42. The third-order valence-corrected chi connectivity index (χ3v) is 4.99. The summed E-state index contributed by atoms with van der Waals surface area (Å²) in [4.78, 5) is 14.7. The Morgan fingerprint density at radius 1 is 1.42 bits per heavy atom. The molecular formula is C15H28N2O2. The van der Waals surface area contributed by atoms with Crippen molar-refractivity contribution in [2.24, 2.45) is 17.6 Å². The summed E-state index contributed by atoms with van der Waals surface area (Å²) in [6.07, 6.45) is 4.98. The van der Waals surface area contributed by atoms with Gasteiger partial charge < -0.3 is 15.4 Å². The summed E-state index contributed by atoms with van der Waals surface area (Å²) in [6.45, 7) is 5.89. The summed E-state index contributed by atoms with van der Waals surface area (Å²) in [7, 11) is 1.75. The van der Waals surface area contributed by atoms with Crippen LogP contribution in [0.2, 0.25) is 0 Å². The zero-order chi connectivity index (χ0) is 14.0. The molecule has 4 atom stereocenters. The molecule has 0 aromatic rings. The Hall–Kier alpha value is -0.610. The largest absolute Gasteiger partial charge is 0.377 e. The molecule has 1 heterocycles. The van der Waals surface area contributed by atoms with Crippen LogP contribution < -0.4 is 5.73 Å². The number of ether oxygens (including phenoxy) is 1. The molecular weight excluding hydrogens is 240 g/mol. The predicted octanol–water partition coefficient (Wildman–Crippen LogP) is 1.78. The van der Waals surface area contributed by atoms with Crippen molar-refractivity contribution in [1.82, 2.24) is 4.90 Å². The predicted molar refractivity (Wildman–Crippen MR) is 75.7 cm³/mol. The number of hydrogen-bond donors (Lipinski definition) is 1. The summed E-state index contributed by atoms with van der Waals surface area (Å²) < 4.78 is 5.58. The van der Waals surface area contributed by atoms with Crippen LogP contribution in [0.25, 0.3) is 0 Å². The molecule has 2 rings (SSSR count). The zero-order valence-corrected chi connectivity index (χ0v) is 12.5. The molecule has 1 aliphatic heterocycles. The second kappa shape index (κ2) is 5.80. The van der Waals surface area contributed by atoms with Gasteiger partial charge >= 0.3 is 0 Å². The van der Waals surface area contributed by atoms with Crippen LogP contribution in [0, 0.1) is 11.8 Å². The van der Waals surface area contributed by atoms with Crippen LogP contribution in [-0.4, -0.2) is 42.6 Å². The van der Waals surface area contributed by atoms with Crippen molar-refractivity contribution in [2.75, 3.05) is 20.2 Å². The minimum absolute atomic E-state index is 0.164. The highest BCUT2D eigenvalue weighted by Crippen LogP contribution is 2.32. The van der Waals surface area contributed by atoms with Crippen molar-refractivity contribution < 1.29 is 9.53 Å². The SMILES string of the molecule is COC1(C)CCCN(C(=O)C2CCC(N)CC2C)C1. The van der Waals surface area contributed by atoms with Gasteiger partial charge in [-0.3, -0.25) is 4.79 Å². The van der Waals surface area contributed by atoms with Gasteiger partial charge in [-0.15, -0.1) is 0 Å². The van der Waals surface area contributed by atoms with Crippen molar-refractivity contribution in [2.45, 2.75) is 57.6 Å². The molecule has 1 saturated carbocycles. The van der Waals surface area contributed by atoms with Gasteiger partial charge in [0, 0.05) is 32.2 Å². The Balaban J connectivity index is 1.99. The van der Waals surface area contributed by atoms with Gasteiger partial charge in [-0.1, -0.05) is 6.92 Å². The highest BCUT2D eigenvalue weighted by molar-refractivity contribution is 5.79. The van der Waals surface area contributed by atoms with E-state index in [1.807, 2.05) is 4.90 Å². The Labute approximate surface area is 116 Å². The van der Waals surface area contributed by atoms with Crippen molar-refractivity contribution in [3.63, 3.8) is 0 Å². The fourth-order valence-electron chi connectivity index (χ4n) is 3.60. The topological polar surface area (TPSA) is 55.6 Å². The first kappa shape index (κ1) is 14.8. The highest BCUT2D eigenvalue weighted by atomic mass is 16.5. The summed E-state index contributed by atoms with van der Waals surface area (Å²) >= 11 is 0. The maximum absolute atomic E-state index is 12.7. The molecule has 0 spiro atoms. The van der Waals surface area contributed by atoms with Crippen LogP contribution >= 0.6 is 0 Å². The van der Waals surface area contributed by atoms with Gasteiger partial charge in [-0.05, 0) is 44.9 Å². The normalized spacial score (nSPS) is 40.2. The number of nitrogens with zero attached hydrogens (tertiary/aromatic N) is 1. The summed E-state index contributed by atoms with van der Waals surface area (Å²) in [5.41, 5.74) is 5.82. The fraction of sp³-hybridized carbons (Fsp3) is 0.933. The maximum Gasteiger partial charge on any atom is 0.226 e. The molecule has 2 N–H and O–H groups in total. The van der Waals surface area contributed by atoms with Gasteiger partial charge in [-0.25, -0.2) is 0 Å². The van der Waals surface area contributed by atoms with Crippen LogP contribution in [0.4, 0.5) is 0 Å². The number of likely N-dealkylation sites (tertiary alicyclic amines) is 1. The van der Waals surface area contributed by atoms with Crippen LogP contribution in [-0.2, 0) is 9.53 Å². The van der Waals surface area contributed by atoms with E-state index in [2.05, 4.69) is 13.8 Å². The van der Waals surface area contributed by atoms with E-state index in [1.54, 1.807) is 7.11 Å². The molecule has 110 valence electrons. The maximum atomic E-state index is 12.7. The lowest BCUT2D eigenvalue weighted by atomic mass is 9.77. The number of methoxy groups -OCH3 is 1. The zero-order valence-electron chi connectivity index (χ0n) is 12.5. The third kappa shape index (κ3) is 3.29. The highest BCUT2D eigenvalue weighted by Gasteiger charge is 2.38. The van der Waals surface area contributed by atoms with Crippen LogP contribution in [0.1, 0.15) is 46.0 Å². The van der Waals surface area contributed by atoms with E-state index >= 15 is 0 Å². The molecule has 1 saturated heterocycles. The minimum Gasteiger partial charge on any atom is -0.377 e. The molecule has 1 amide bonds. The molecule has 19 heavy (non-hydrogen) atoms. The first-order valence-corrected chi connectivity index (χ1v) is 7.55. The Kier molecular flexibility index (Phi) is 4.51.